The largest absolute Gasteiger partial charge is 0.285 e. The highest BCUT2D eigenvalue weighted by atomic mass is 35.5. The zero-order valence-corrected chi connectivity index (χ0v) is 10.7. The molecule has 2 amide bonds. The highest BCUT2D eigenvalue weighted by Crippen LogP contribution is 2.22. The fraction of sp³-hybridized carbons (Fsp3) is 0.385. The van der Waals surface area contributed by atoms with E-state index in [0.29, 0.717) is 23.6 Å². The van der Waals surface area contributed by atoms with Crippen molar-refractivity contribution in [3.63, 3.8) is 0 Å². The van der Waals surface area contributed by atoms with Crippen LogP contribution in [0, 0.1) is 0 Å². The van der Waals surface area contributed by atoms with Crippen LogP contribution < -0.4 is 0 Å². The van der Waals surface area contributed by atoms with E-state index in [2.05, 4.69) is 0 Å². The van der Waals surface area contributed by atoms with Gasteiger partial charge in [-0.2, -0.15) is 0 Å². The third-order valence-electron chi connectivity index (χ3n) is 2.76. The lowest BCUT2D eigenvalue weighted by Crippen LogP contribution is -2.30. The Hall–Kier alpha value is -1.39. The minimum absolute atomic E-state index is 0.350. The van der Waals surface area contributed by atoms with Crippen LogP contribution in [0.15, 0.2) is 24.3 Å². The molecule has 1 aliphatic rings. The van der Waals surface area contributed by atoms with Crippen LogP contribution >= 0.6 is 11.6 Å². The molecule has 0 aromatic heterocycles. The second kappa shape index (κ2) is 5.98. The molecule has 1 aromatic carbocycles. The Balaban J connectivity index is 1.93. The van der Waals surface area contributed by atoms with Gasteiger partial charge in [0.1, 0.15) is 0 Å². The molecule has 5 heteroatoms. The van der Waals surface area contributed by atoms with E-state index < -0.39 is 0 Å². The molecule has 0 saturated carbocycles. The number of benzene rings is 1. The van der Waals surface area contributed by atoms with E-state index in [0.717, 1.165) is 24.3 Å². The van der Waals surface area contributed by atoms with E-state index >= 15 is 0 Å². The van der Waals surface area contributed by atoms with Crippen molar-refractivity contribution in [3.05, 3.63) is 35.4 Å². The van der Waals surface area contributed by atoms with Crippen LogP contribution in [0.25, 0.3) is 0 Å². The standard InChI is InChI=1S/C13H14ClNO3/c14-8-4-1-5-9-18-15-12(16)10-6-2-3-7-11(10)13(15)17/h2-3,6-7H,1,4-5,8-9H2. The van der Waals surface area contributed by atoms with Gasteiger partial charge >= 0.3 is 0 Å². The predicted molar refractivity (Wildman–Crippen MR) is 67.5 cm³/mol. The first-order chi connectivity index (χ1) is 8.75. The monoisotopic (exact) mass is 267 g/mol. The van der Waals surface area contributed by atoms with Gasteiger partial charge in [-0.05, 0) is 31.4 Å². The summed E-state index contributed by atoms with van der Waals surface area (Å²) < 4.78 is 0. The second-order valence-corrected chi connectivity index (χ2v) is 4.41. The number of hydrogen-bond donors (Lipinski definition) is 0. The maximum absolute atomic E-state index is 11.9. The number of halogens is 1. The molecule has 96 valence electrons. The van der Waals surface area contributed by atoms with Crippen molar-refractivity contribution >= 4 is 23.4 Å². The van der Waals surface area contributed by atoms with Crippen LogP contribution in [-0.4, -0.2) is 29.4 Å². The van der Waals surface area contributed by atoms with Gasteiger partial charge in [-0.1, -0.05) is 12.1 Å². The Labute approximate surface area is 110 Å². The van der Waals surface area contributed by atoms with Crippen molar-refractivity contribution in [1.82, 2.24) is 5.06 Å². The first kappa shape index (κ1) is 13.1. The molecule has 0 unspecified atom stereocenters. The summed E-state index contributed by atoms with van der Waals surface area (Å²) in [5.41, 5.74) is 0.812. The minimum atomic E-state index is -0.382. The average Bonchev–Trinajstić information content (AvgIpc) is 2.64. The molecule has 0 atom stereocenters. The van der Waals surface area contributed by atoms with Crippen LogP contribution in [0.1, 0.15) is 40.0 Å². The molecule has 0 bridgehead atoms. The van der Waals surface area contributed by atoms with Crippen LogP contribution in [0.4, 0.5) is 0 Å². The molecule has 4 nitrogen and oxygen atoms in total. The Morgan fingerprint density at radius 1 is 1.00 bits per heavy atom. The number of carbonyl (C=O) groups is 2. The van der Waals surface area contributed by atoms with E-state index in [9.17, 15) is 9.59 Å². The van der Waals surface area contributed by atoms with Crippen LogP contribution in [0.3, 0.4) is 0 Å². The minimum Gasteiger partial charge on any atom is -0.266 e. The van der Waals surface area contributed by atoms with Gasteiger partial charge in [0.25, 0.3) is 11.8 Å². The molecule has 1 aromatic rings. The van der Waals surface area contributed by atoms with Gasteiger partial charge in [0.15, 0.2) is 0 Å². The van der Waals surface area contributed by atoms with Gasteiger partial charge in [-0.25, -0.2) is 0 Å². The first-order valence-electron chi connectivity index (χ1n) is 5.92. The fourth-order valence-corrected chi connectivity index (χ4v) is 2.00. The molecule has 18 heavy (non-hydrogen) atoms. The zero-order chi connectivity index (χ0) is 13.0. The third-order valence-corrected chi connectivity index (χ3v) is 3.02. The number of hydrogen-bond acceptors (Lipinski definition) is 3. The van der Waals surface area contributed by atoms with Crippen LogP contribution in [-0.2, 0) is 4.84 Å². The molecule has 0 fully saturated rings. The fourth-order valence-electron chi connectivity index (χ4n) is 1.81. The van der Waals surface area contributed by atoms with Crippen molar-refractivity contribution in [2.45, 2.75) is 19.3 Å². The van der Waals surface area contributed by atoms with Crippen molar-refractivity contribution in [2.75, 3.05) is 12.5 Å². The van der Waals surface area contributed by atoms with Gasteiger partial charge in [-0.15, -0.1) is 16.7 Å². The molecule has 0 N–H and O–H groups in total. The molecule has 1 aliphatic heterocycles. The molecular weight excluding hydrogens is 254 g/mol. The van der Waals surface area contributed by atoms with Crippen molar-refractivity contribution in [3.8, 4) is 0 Å². The quantitative estimate of drug-likeness (QED) is 0.452. The lowest BCUT2D eigenvalue weighted by Gasteiger charge is -2.12. The van der Waals surface area contributed by atoms with Gasteiger partial charge in [0.2, 0.25) is 0 Å². The Morgan fingerprint density at radius 2 is 1.61 bits per heavy atom. The van der Waals surface area contributed by atoms with E-state index in [4.69, 9.17) is 16.4 Å². The summed E-state index contributed by atoms with van der Waals surface area (Å²) in [4.78, 5) is 29.0. The topological polar surface area (TPSA) is 46.6 Å². The number of carbonyl (C=O) groups excluding carboxylic acids is 2. The van der Waals surface area contributed by atoms with E-state index in [1.165, 1.54) is 0 Å². The summed E-state index contributed by atoms with van der Waals surface area (Å²) >= 11 is 5.56. The third kappa shape index (κ3) is 2.54. The van der Waals surface area contributed by atoms with E-state index in [1.54, 1.807) is 24.3 Å². The lowest BCUT2D eigenvalue weighted by molar-refractivity contribution is -0.0922. The number of hydroxylamine groups is 2. The molecule has 0 saturated heterocycles. The number of unbranched alkanes of at least 4 members (excludes halogenated alkanes) is 2. The zero-order valence-electron chi connectivity index (χ0n) is 9.89. The van der Waals surface area contributed by atoms with Crippen LogP contribution in [0.2, 0.25) is 0 Å². The summed E-state index contributed by atoms with van der Waals surface area (Å²) in [5.74, 6) is -0.145. The summed E-state index contributed by atoms with van der Waals surface area (Å²) in [6.07, 6.45) is 2.61. The van der Waals surface area contributed by atoms with Crippen molar-refractivity contribution in [2.24, 2.45) is 0 Å². The summed E-state index contributed by atoms with van der Waals surface area (Å²) in [6.45, 7) is 0.350. The van der Waals surface area contributed by atoms with Gasteiger partial charge < -0.3 is 0 Å². The summed E-state index contributed by atoms with van der Waals surface area (Å²) in [6, 6.07) is 6.72. The number of nitrogens with zero attached hydrogens (tertiary/aromatic N) is 1. The number of imide groups is 1. The number of alkyl halides is 1. The smallest absolute Gasteiger partial charge is 0.266 e. The lowest BCUT2D eigenvalue weighted by atomic mass is 10.1. The highest BCUT2D eigenvalue weighted by Gasteiger charge is 2.36. The van der Waals surface area contributed by atoms with E-state index in [1.807, 2.05) is 0 Å². The summed E-state index contributed by atoms with van der Waals surface area (Å²) in [7, 11) is 0. The maximum atomic E-state index is 11.9. The highest BCUT2D eigenvalue weighted by molar-refractivity contribution is 6.20. The predicted octanol–water partition coefficient (Wildman–Crippen LogP) is 2.62. The number of rotatable bonds is 6. The van der Waals surface area contributed by atoms with Crippen molar-refractivity contribution in [1.29, 1.82) is 0 Å². The number of amides is 2. The molecule has 2 rings (SSSR count). The number of fused-ring (bicyclic) bond motifs is 1. The molecular formula is C13H14ClNO3. The molecule has 1 heterocycles. The Morgan fingerprint density at radius 3 is 2.17 bits per heavy atom. The van der Waals surface area contributed by atoms with Gasteiger partial charge in [0, 0.05) is 5.88 Å². The summed E-state index contributed by atoms with van der Waals surface area (Å²) in [5, 5.41) is 0.853. The first-order valence-corrected chi connectivity index (χ1v) is 6.46. The van der Waals surface area contributed by atoms with E-state index in [-0.39, 0.29) is 11.8 Å². The molecule has 0 spiro atoms. The second-order valence-electron chi connectivity index (χ2n) is 4.03. The van der Waals surface area contributed by atoms with Gasteiger partial charge in [-0.3, -0.25) is 14.4 Å². The molecule has 0 radical (unpaired) electrons. The van der Waals surface area contributed by atoms with Crippen molar-refractivity contribution < 1.29 is 14.4 Å². The molecule has 0 aliphatic carbocycles. The average molecular weight is 268 g/mol. The Bertz CT molecular complexity index is 426. The normalized spacial score (nSPS) is 14.2. The maximum Gasteiger partial charge on any atom is 0.285 e. The SMILES string of the molecule is O=C1c2ccccc2C(=O)N1OCCCCCCl. The van der Waals surface area contributed by atoms with Gasteiger partial charge in [0.05, 0.1) is 17.7 Å². The Kier molecular flexibility index (Phi) is 4.33. The van der Waals surface area contributed by atoms with Crippen LogP contribution in [0.5, 0.6) is 0 Å².